The van der Waals surface area contributed by atoms with Crippen LogP contribution in [0, 0.1) is 0 Å². The van der Waals surface area contributed by atoms with Crippen LogP contribution in [-0.4, -0.2) is 9.55 Å². The van der Waals surface area contributed by atoms with Gasteiger partial charge >= 0.3 is 0 Å². The van der Waals surface area contributed by atoms with Crippen LogP contribution < -0.4 is 5.73 Å². The lowest BCUT2D eigenvalue weighted by molar-refractivity contribution is 0.684. The van der Waals surface area contributed by atoms with Crippen LogP contribution in [0.5, 0.6) is 0 Å². The number of imidazole rings is 1. The lowest BCUT2D eigenvalue weighted by atomic mass is 10.1. The predicted octanol–water partition coefficient (Wildman–Crippen LogP) is 4.75. The summed E-state index contributed by atoms with van der Waals surface area (Å²) in [5.41, 5.74) is 7.71. The summed E-state index contributed by atoms with van der Waals surface area (Å²) < 4.78 is 1.96. The number of nitrogen functional groups attached to an aromatic ring is 1. The van der Waals surface area contributed by atoms with Gasteiger partial charge in [0.25, 0.3) is 0 Å². The average Bonchev–Trinajstić information content (AvgIpc) is 2.68. The molecule has 0 aliphatic heterocycles. The van der Waals surface area contributed by atoms with Crippen molar-refractivity contribution in [2.45, 2.75) is 26.3 Å². The number of aromatic nitrogens is 2. The van der Waals surface area contributed by atoms with Gasteiger partial charge < -0.3 is 10.3 Å². The molecule has 0 amide bonds. The number of hydrogen-bond acceptors (Lipinski definition) is 2. The molecule has 2 aromatic rings. The van der Waals surface area contributed by atoms with Gasteiger partial charge in [-0.15, -0.1) is 6.58 Å². The van der Waals surface area contributed by atoms with E-state index in [1.807, 2.05) is 10.6 Å². The summed E-state index contributed by atoms with van der Waals surface area (Å²) >= 11 is 12.2. The van der Waals surface area contributed by atoms with Crippen molar-refractivity contribution in [1.82, 2.24) is 9.55 Å². The van der Waals surface area contributed by atoms with E-state index in [1.54, 1.807) is 18.2 Å². The first kappa shape index (κ1) is 14.9. The fraction of sp³-hybridized carbons (Fsp3) is 0.267. The average molecular weight is 310 g/mol. The van der Waals surface area contributed by atoms with Crippen LogP contribution in [-0.2, 0) is 6.54 Å². The van der Waals surface area contributed by atoms with E-state index in [0.29, 0.717) is 28.1 Å². The second-order valence-electron chi connectivity index (χ2n) is 4.88. The molecule has 0 saturated heterocycles. The molecule has 3 nitrogen and oxygen atoms in total. The Bertz CT molecular complexity index is 645. The van der Waals surface area contributed by atoms with Crippen LogP contribution >= 0.6 is 23.2 Å². The number of benzene rings is 1. The Kier molecular flexibility index (Phi) is 4.41. The zero-order valence-electron chi connectivity index (χ0n) is 11.5. The lowest BCUT2D eigenvalue weighted by Crippen LogP contribution is -2.07. The maximum Gasteiger partial charge on any atom is 0.132 e. The minimum Gasteiger partial charge on any atom is -0.383 e. The third-order valence-corrected chi connectivity index (χ3v) is 3.60. The fourth-order valence-corrected chi connectivity index (χ4v) is 2.62. The van der Waals surface area contributed by atoms with Gasteiger partial charge in [0.2, 0.25) is 0 Å². The number of allylic oxidation sites excluding steroid dienone is 1. The Hall–Kier alpha value is -1.45. The Morgan fingerprint density at radius 2 is 2.10 bits per heavy atom. The van der Waals surface area contributed by atoms with Crippen molar-refractivity contribution in [2.75, 3.05) is 5.73 Å². The number of rotatable bonds is 4. The molecule has 2 rings (SSSR count). The molecule has 106 valence electrons. The van der Waals surface area contributed by atoms with Crippen LogP contribution in [0.2, 0.25) is 10.0 Å². The molecular weight excluding hydrogens is 293 g/mol. The highest BCUT2D eigenvalue weighted by atomic mass is 35.5. The number of nitrogens with two attached hydrogens (primary N) is 1. The molecule has 1 heterocycles. The summed E-state index contributed by atoms with van der Waals surface area (Å²) in [6, 6.07) is 5.31. The van der Waals surface area contributed by atoms with Gasteiger partial charge in [-0.05, 0) is 18.2 Å². The van der Waals surface area contributed by atoms with E-state index in [2.05, 4.69) is 25.4 Å². The zero-order valence-corrected chi connectivity index (χ0v) is 13.0. The van der Waals surface area contributed by atoms with Gasteiger partial charge in [0, 0.05) is 23.0 Å². The minimum absolute atomic E-state index is 0.261. The maximum absolute atomic E-state index is 6.24. The van der Waals surface area contributed by atoms with Gasteiger partial charge in [0.05, 0.1) is 5.02 Å². The molecule has 0 atom stereocenters. The topological polar surface area (TPSA) is 43.8 Å². The van der Waals surface area contributed by atoms with E-state index in [0.717, 1.165) is 11.4 Å². The fourth-order valence-electron chi connectivity index (χ4n) is 2.12. The van der Waals surface area contributed by atoms with Crippen LogP contribution in [0.3, 0.4) is 0 Å². The smallest absolute Gasteiger partial charge is 0.132 e. The second kappa shape index (κ2) is 5.90. The van der Waals surface area contributed by atoms with Crippen molar-refractivity contribution < 1.29 is 0 Å². The Morgan fingerprint density at radius 1 is 1.40 bits per heavy atom. The van der Waals surface area contributed by atoms with Gasteiger partial charge in [0.15, 0.2) is 0 Å². The summed E-state index contributed by atoms with van der Waals surface area (Å²) in [7, 11) is 0. The Balaban J connectivity index is 2.62. The van der Waals surface area contributed by atoms with Crippen molar-refractivity contribution in [2.24, 2.45) is 0 Å². The molecule has 20 heavy (non-hydrogen) atoms. The van der Waals surface area contributed by atoms with Crippen LogP contribution in [0.4, 0.5) is 5.82 Å². The van der Waals surface area contributed by atoms with E-state index in [9.17, 15) is 0 Å². The van der Waals surface area contributed by atoms with Gasteiger partial charge in [-0.3, -0.25) is 0 Å². The molecule has 1 aromatic carbocycles. The van der Waals surface area contributed by atoms with E-state index in [1.165, 1.54) is 0 Å². The SMILES string of the molecule is C=CCn1c(C(C)C)nc(-c2ccc(Cl)cc2Cl)c1N. The molecule has 5 heteroatoms. The number of halogens is 2. The van der Waals surface area contributed by atoms with Crippen molar-refractivity contribution >= 4 is 29.0 Å². The highest BCUT2D eigenvalue weighted by Gasteiger charge is 2.19. The van der Waals surface area contributed by atoms with Gasteiger partial charge in [-0.2, -0.15) is 0 Å². The Labute approximate surface area is 129 Å². The first-order valence-electron chi connectivity index (χ1n) is 6.38. The number of hydrogen-bond donors (Lipinski definition) is 1. The molecular formula is C15H17Cl2N3. The monoisotopic (exact) mass is 309 g/mol. The zero-order chi connectivity index (χ0) is 14.9. The largest absolute Gasteiger partial charge is 0.383 e. The molecule has 0 saturated carbocycles. The first-order valence-corrected chi connectivity index (χ1v) is 7.13. The molecule has 1 aromatic heterocycles. The predicted molar refractivity (Wildman–Crippen MR) is 86.4 cm³/mol. The van der Waals surface area contributed by atoms with E-state index < -0.39 is 0 Å². The minimum atomic E-state index is 0.261. The van der Waals surface area contributed by atoms with Crippen molar-refractivity contribution in [3.05, 3.63) is 46.7 Å². The molecule has 0 radical (unpaired) electrons. The van der Waals surface area contributed by atoms with Gasteiger partial charge in [0.1, 0.15) is 17.3 Å². The van der Waals surface area contributed by atoms with E-state index in [4.69, 9.17) is 28.9 Å². The summed E-state index contributed by atoms with van der Waals surface area (Å²) in [6.07, 6.45) is 1.80. The summed E-state index contributed by atoms with van der Waals surface area (Å²) in [5, 5.41) is 1.13. The third kappa shape index (κ3) is 2.69. The van der Waals surface area contributed by atoms with Crippen LogP contribution in [0.25, 0.3) is 11.3 Å². The van der Waals surface area contributed by atoms with Crippen molar-refractivity contribution in [1.29, 1.82) is 0 Å². The Morgan fingerprint density at radius 3 is 2.65 bits per heavy atom. The molecule has 0 fully saturated rings. The van der Waals surface area contributed by atoms with Gasteiger partial charge in [-0.1, -0.05) is 43.1 Å². The normalized spacial score (nSPS) is 11.1. The summed E-state index contributed by atoms with van der Waals surface area (Å²) in [6.45, 7) is 8.54. The van der Waals surface area contributed by atoms with Crippen molar-refractivity contribution in [3.8, 4) is 11.3 Å². The van der Waals surface area contributed by atoms with E-state index in [-0.39, 0.29) is 5.92 Å². The lowest BCUT2D eigenvalue weighted by Gasteiger charge is -2.09. The molecule has 0 unspecified atom stereocenters. The summed E-state index contributed by atoms with van der Waals surface area (Å²) in [4.78, 5) is 4.65. The standard InChI is InChI=1S/C15H17Cl2N3/c1-4-7-20-14(18)13(19-15(20)9(2)3)11-6-5-10(16)8-12(11)17/h4-6,8-9H,1,7,18H2,2-3H3. The molecule has 0 spiro atoms. The highest BCUT2D eigenvalue weighted by Crippen LogP contribution is 2.35. The number of anilines is 1. The van der Waals surface area contributed by atoms with Gasteiger partial charge in [-0.25, -0.2) is 4.98 Å². The highest BCUT2D eigenvalue weighted by molar-refractivity contribution is 6.36. The first-order chi connectivity index (χ1) is 9.45. The molecule has 0 aliphatic rings. The van der Waals surface area contributed by atoms with Crippen LogP contribution in [0.15, 0.2) is 30.9 Å². The molecule has 2 N–H and O–H groups in total. The van der Waals surface area contributed by atoms with Crippen LogP contribution in [0.1, 0.15) is 25.6 Å². The quantitative estimate of drug-likeness (QED) is 0.828. The maximum atomic E-state index is 6.24. The molecule has 0 aliphatic carbocycles. The number of nitrogens with zero attached hydrogens (tertiary/aromatic N) is 2. The van der Waals surface area contributed by atoms with E-state index >= 15 is 0 Å². The second-order valence-corrected chi connectivity index (χ2v) is 5.73. The third-order valence-electron chi connectivity index (χ3n) is 3.05. The van der Waals surface area contributed by atoms with Crippen molar-refractivity contribution in [3.63, 3.8) is 0 Å². The summed E-state index contributed by atoms with van der Waals surface area (Å²) in [5.74, 6) is 1.78. The molecule has 0 bridgehead atoms.